The molecule has 1 aromatic rings. The standard InChI is InChI=1S/C19H26F3N3O3S/c1-14(18(26)25-12-10-24(11-13-25)15-6-2-3-7-15)23-29(27,28)17-9-5-4-8-16(17)19(20,21)22/h4-5,8-9,14-15,23H,2-3,6-7,10-13H2,1H3/t14-/m0/s1. The average Bonchev–Trinajstić information content (AvgIpc) is 3.21. The molecule has 0 unspecified atom stereocenters. The maximum Gasteiger partial charge on any atom is 0.417 e. The lowest BCUT2D eigenvalue weighted by Crippen LogP contribution is -2.55. The highest BCUT2D eigenvalue weighted by Gasteiger charge is 2.38. The quantitative estimate of drug-likeness (QED) is 0.775. The zero-order valence-corrected chi connectivity index (χ0v) is 17.1. The largest absolute Gasteiger partial charge is 0.417 e. The topological polar surface area (TPSA) is 69.7 Å². The second-order valence-corrected chi connectivity index (χ2v) is 9.32. The van der Waals surface area contributed by atoms with Gasteiger partial charge >= 0.3 is 6.18 Å². The number of rotatable bonds is 5. The number of halogens is 3. The van der Waals surface area contributed by atoms with Crippen molar-refractivity contribution in [1.82, 2.24) is 14.5 Å². The van der Waals surface area contributed by atoms with Crippen LogP contribution in [-0.4, -0.2) is 62.4 Å². The Morgan fingerprint density at radius 2 is 1.69 bits per heavy atom. The van der Waals surface area contributed by atoms with Crippen molar-refractivity contribution in [3.63, 3.8) is 0 Å². The highest BCUT2D eigenvalue weighted by atomic mass is 32.2. The number of carbonyl (C=O) groups is 1. The molecule has 1 N–H and O–H groups in total. The molecule has 0 bridgehead atoms. The molecule has 2 fully saturated rings. The second-order valence-electron chi connectivity index (χ2n) is 7.64. The third-order valence-electron chi connectivity index (χ3n) is 5.65. The maximum atomic E-state index is 13.2. The maximum absolute atomic E-state index is 13.2. The molecule has 1 heterocycles. The van der Waals surface area contributed by atoms with Gasteiger partial charge in [0, 0.05) is 32.2 Å². The SMILES string of the molecule is C[C@H](NS(=O)(=O)c1ccccc1C(F)(F)F)C(=O)N1CCN(C2CCCC2)CC1. The van der Waals surface area contributed by atoms with Crippen LogP contribution in [0.15, 0.2) is 29.2 Å². The van der Waals surface area contributed by atoms with Crippen LogP contribution in [0.2, 0.25) is 0 Å². The van der Waals surface area contributed by atoms with E-state index in [9.17, 15) is 26.4 Å². The van der Waals surface area contributed by atoms with Crippen molar-refractivity contribution < 1.29 is 26.4 Å². The number of carbonyl (C=O) groups excluding carboxylic acids is 1. The van der Waals surface area contributed by atoms with E-state index < -0.39 is 38.6 Å². The molecule has 1 saturated heterocycles. The molecule has 162 valence electrons. The molecule has 1 aliphatic heterocycles. The Kier molecular flexibility index (Phi) is 6.54. The Morgan fingerprint density at radius 3 is 2.28 bits per heavy atom. The zero-order chi connectivity index (χ0) is 21.2. The van der Waals surface area contributed by atoms with Crippen LogP contribution in [0.25, 0.3) is 0 Å². The van der Waals surface area contributed by atoms with E-state index in [4.69, 9.17) is 0 Å². The van der Waals surface area contributed by atoms with Crippen molar-refractivity contribution in [1.29, 1.82) is 0 Å². The van der Waals surface area contributed by atoms with Crippen LogP contribution in [0, 0.1) is 0 Å². The molecular weight excluding hydrogens is 407 g/mol. The van der Waals surface area contributed by atoms with Crippen LogP contribution in [0.1, 0.15) is 38.2 Å². The first kappa shape index (κ1) is 22.0. The lowest BCUT2D eigenvalue weighted by Gasteiger charge is -2.38. The molecule has 1 aromatic carbocycles. The van der Waals surface area contributed by atoms with Crippen molar-refractivity contribution >= 4 is 15.9 Å². The number of alkyl halides is 3. The number of piperazine rings is 1. The summed E-state index contributed by atoms with van der Waals surface area (Å²) in [4.78, 5) is 15.7. The fourth-order valence-corrected chi connectivity index (χ4v) is 5.56. The van der Waals surface area contributed by atoms with Gasteiger partial charge in [0.1, 0.15) is 0 Å². The lowest BCUT2D eigenvalue weighted by atomic mass is 10.1. The van der Waals surface area contributed by atoms with Crippen molar-refractivity contribution in [3.05, 3.63) is 29.8 Å². The van der Waals surface area contributed by atoms with Gasteiger partial charge in [0.25, 0.3) is 0 Å². The molecule has 2 aliphatic rings. The van der Waals surface area contributed by atoms with E-state index in [2.05, 4.69) is 9.62 Å². The predicted molar refractivity (Wildman–Crippen MR) is 102 cm³/mol. The average molecular weight is 433 g/mol. The number of benzene rings is 1. The molecular formula is C19H26F3N3O3S. The van der Waals surface area contributed by atoms with Gasteiger partial charge in [-0.25, -0.2) is 8.42 Å². The summed E-state index contributed by atoms with van der Waals surface area (Å²) < 4.78 is 66.7. The van der Waals surface area contributed by atoms with Gasteiger partial charge in [-0.2, -0.15) is 17.9 Å². The molecule has 1 saturated carbocycles. The summed E-state index contributed by atoms with van der Waals surface area (Å²) in [6.45, 7) is 3.79. The smallest absolute Gasteiger partial charge is 0.339 e. The minimum atomic E-state index is -4.81. The molecule has 29 heavy (non-hydrogen) atoms. The van der Waals surface area contributed by atoms with Crippen LogP contribution in [0.3, 0.4) is 0 Å². The summed E-state index contributed by atoms with van der Waals surface area (Å²) >= 11 is 0. The van der Waals surface area contributed by atoms with Gasteiger partial charge in [-0.15, -0.1) is 0 Å². The van der Waals surface area contributed by atoms with Crippen LogP contribution in [0.4, 0.5) is 13.2 Å². The molecule has 6 nitrogen and oxygen atoms in total. The van der Waals surface area contributed by atoms with E-state index in [-0.39, 0.29) is 0 Å². The Balaban J connectivity index is 1.64. The number of nitrogens with one attached hydrogen (secondary N) is 1. The third-order valence-corrected chi connectivity index (χ3v) is 7.25. The summed E-state index contributed by atoms with van der Waals surface area (Å²) in [7, 11) is -4.51. The molecule has 0 aromatic heterocycles. The first-order valence-electron chi connectivity index (χ1n) is 9.81. The molecule has 3 rings (SSSR count). The van der Waals surface area contributed by atoms with E-state index in [0.717, 1.165) is 25.2 Å². The van der Waals surface area contributed by atoms with E-state index >= 15 is 0 Å². The van der Waals surface area contributed by atoms with Gasteiger partial charge < -0.3 is 4.90 Å². The number of hydrogen-bond acceptors (Lipinski definition) is 4. The van der Waals surface area contributed by atoms with E-state index in [1.165, 1.54) is 38.7 Å². The van der Waals surface area contributed by atoms with E-state index in [0.29, 0.717) is 25.2 Å². The fourth-order valence-electron chi connectivity index (χ4n) is 4.13. The lowest BCUT2D eigenvalue weighted by molar-refractivity contribution is -0.139. The van der Waals surface area contributed by atoms with Crippen LogP contribution >= 0.6 is 0 Å². The Labute approximate surface area is 169 Å². The van der Waals surface area contributed by atoms with Gasteiger partial charge in [-0.3, -0.25) is 9.69 Å². The van der Waals surface area contributed by atoms with Gasteiger partial charge in [0.2, 0.25) is 15.9 Å². The number of sulfonamides is 1. The van der Waals surface area contributed by atoms with E-state index in [1.807, 2.05) is 0 Å². The van der Waals surface area contributed by atoms with Gasteiger partial charge in [0.15, 0.2) is 0 Å². The molecule has 0 radical (unpaired) electrons. The zero-order valence-electron chi connectivity index (χ0n) is 16.3. The highest BCUT2D eigenvalue weighted by Crippen LogP contribution is 2.34. The summed E-state index contributed by atoms with van der Waals surface area (Å²) in [6, 6.07) is 3.35. The van der Waals surface area contributed by atoms with Gasteiger partial charge in [-0.05, 0) is 31.9 Å². The first-order chi connectivity index (χ1) is 13.6. The van der Waals surface area contributed by atoms with E-state index in [1.54, 1.807) is 4.90 Å². The summed E-state index contributed by atoms with van der Waals surface area (Å²) in [5.74, 6) is -0.427. The Morgan fingerprint density at radius 1 is 1.10 bits per heavy atom. The minimum Gasteiger partial charge on any atom is -0.339 e. The van der Waals surface area contributed by atoms with Crippen molar-refractivity contribution in [2.45, 2.75) is 55.8 Å². The molecule has 0 spiro atoms. The van der Waals surface area contributed by atoms with Crippen molar-refractivity contribution in [2.24, 2.45) is 0 Å². The summed E-state index contributed by atoms with van der Waals surface area (Å²) in [6.07, 6.45) is -0.0231. The minimum absolute atomic E-state index is 0.427. The molecule has 10 heteroatoms. The molecule has 1 aliphatic carbocycles. The summed E-state index contributed by atoms with van der Waals surface area (Å²) in [5.41, 5.74) is -1.25. The highest BCUT2D eigenvalue weighted by molar-refractivity contribution is 7.89. The fraction of sp³-hybridized carbons (Fsp3) is 0.632. The Bertz CT molecular complexity index is 831. The molecule has 1 atom stereocenters. The van der Waals surface area contributed by atoms with Crippen LogP contribution in [-0.2, 0) is 21.0 Å². The summed E-state index contributed by atoms with van der Waals surface area (Å²) in [5, 5.41) is 0. The van der Waals surface area contributed by atoms with Gasteiger partial charge in [0.05, 0.1) is 16.5 Å². The monoisotopic (exact) mass is 433 g/mol. The first-order valence-corrected chi connectivity index (χ1v) is 11.3. The number of amides is 1. The van der Waals surface area contributed by atoms with Crippen LogP contribution in [0.5, 0.6) is 0 Å². The van der Waals surface area contributed by atoms with Crippen molar-refractivity contribution in [3.8, 4) is 0 Å². The second kappa shape index (κ2) is 8.61. The third kappa shape index (κ3) is 5.10. The molecule has 1 amide bonds. The number of nitrogens with zero attached hydrogens (tertiary/aromatic N) is 2. The van der Waals surface area contributed by atoms with Gasteiger partial charge in [-0.1, -0.05) is 25.0 Å². The number of hydrogen-bond donors (Lipinski definition) is 1. The van der Waals surface area contributed by atoms with Crippen molar-refractivity contribution in [2.75, 3.05) is 26.2 Å². The Hall–Kier alpha value is -1.65. The normalized spacial score (nSPS) is 20.8. The van der Waals surface area contributed by atoms with Crippen LogP contribution < -0.4 is 4.72 Å². The predicted octanol–water partition coefficient (Wildman–Crippen LogP) is 2.46.